The summed E-state index contributed by atoms with van der Waals surface area (Å²) in [4.78, 5) is 30.2. The topological polar surface area (TPSA) is 68.3 Å². The van der Waals surface area contributed by atoms with E-state index < -0.39 is 11.8 Å². The molecule has 2 aromatic carbocycles. The van der Waals surface area contributed by atoms with Gasteiger partial charge in [-0.1, -0.05) is 41.9 Å². The molecule has 0 saturated carbocycles. The van der Waals surface area contributed by atoms with E-state index in [9.17, 15) is 9.59 Å². The first-order valence-corrected chi connectivity index (χ1v) is 10.2. The summed E-state index contributed by atoms with van der Waals surface area (Å²) in [5.41, 5.74) is 1.57. The molecule has 0 saturated heterocycles. The van der Waals surface area contributed by atoms with Gasteiger partial charge in [0.25, 0.3) is 11.8 Å². The van der Waals surface area contributed by atoms with E-state index in [-0.39, 0.29) is 0 Å². The number of rotatable bonds is 10. The van der Waals surface area contributed by atoms with Crippen molar-refractivity contribution in [3.05, 3.63) is 64.8 Å². The highest BCUT2D eigenvalue weighted by atomic mass is 35.5. The fraction of sp³-hybridized carbons (Fsp3) is 0.304. The van der Waals surface area contributed by atoms with E-state index in [4.69, 9.17) is 25.8 Å². The molecule has 7 nitrogen and oxygen atoms in total. The number of ether oxygens (including phenoxy) is 3. The van der Waals surface area contributed by atoms with Gasteiger partial charge in [0, 0.05) is 32.3 Å². The fourth-order valence-corrected chi connectivity index (χ4v) is 3.64. The minimum Gasteiger partial charge on any atom is -0.495 e. The van der Waals surface area contributed by atoms with Crippen LogP contribution in [0.25, 0.3) is 5.57 Å². The first-order valence-electron chi connectivity index (χ1n) is 9.78. The number of imide groups is 1. The smallest absolute Gasteiger partial charge is 0.282 e. The minimum atomic E-state index is -0.448. The van der Waals surface area contributed by atoms with Crippen LogP contribution in [0, 0.1) is 0 Å². The van der Waals surface area contributed by atoms with Crippen molar-refractivity contribution in [1.29, 1.82) is 0 Å². The molecule has 0 N–H and O–H groups in total. The Hall–Kier alpha value is -2.87. The zero-order valence-electron chi connectivity index (χ0n) is 17.8. The largest absolute Gasteiger partial charge is 0.495 e. The van der Waals surface area contributed by atoms with Gasteiger partial charge in [0.2, 0.25) is 0 Å². The van der Waals surface area contributed by atoms with Crippen molar-refractivity contribution >= 4 is 34.7 Å². The van der Waals surface area contributed by atoms with Gasteiger partial charge in [-0.05, 0) is 23.8 Å². The molecule has 0 aromatic heterocycles. The van der Waals surface area contributed by atoms with Gasteiger partial charge in [-0.25, -0.2) is 4.90 Å². The maximum atomic E-state index is 13.7. The molecule has 2 aromatic rings. The quantitative estimate of drug-likeness (QED) is 0.524. The lowest BCUT2D eigenvalue weighted by Crippen LogP contribution is -2.37. The molecule has 0 bridgehead atoms. The van der Waals surface area contributed by atoms with Crippen molar-refractivity contribution in [3.8, 4) is 5.75 Å². The highest BCUT2D eigenvalue weighted by Gasteiger charge is 2.43. The van der Waals surface area contributed by atoms with Crippen LogP contribution in [0.1, 0.15) is 5.56 Å². The fourth-order valence-electron chi connectivity index (χ4n) is 3.47. The lowest BCUT2D eigenvalue weighted by molar-refractivity contribution is -0.120. The van der Waals surface area contributed by atoms with Crippen LogP contribution in [0.3, 0.4) is 0 Å². The van der Waals surface area contributed by atoms with Crippen molar-refractivity contribution < 1.29 is 23.8 Å². The molecule has 2 amide bonds. The molecule has 31 heavy (non-hydrogen) atoms. The highest BCUT2D eigenvalue weighted by molar-refractivity contribution is 6.46. The number of amides is 2. The van der Waals surface area contributed by atoms with Gasteiger partial charge in [-0.2, -0.15) is 0 Å². The van der Waals surface area contributed by atoms with Crippen molar-refractivity contribution in [2.75, 3.05) is 52.5 Å². The van der Waals surface area contributed by atoms with E-state index in [1.165, 1.54) is 7.11 Å². The summed E-state index contributed by atoms with van der Waals surface area (Å²) >= 11 is 6.18. The third-order valence-electron chi connectivity index (χ3n) is 4.95. The molecule has 1 heterocycles. The van der Waals surface area contributed by atoms with Crippen molar-refractivity contribution in [2.45, 2.75) is 0 Å². The van der Waals surface area contributed by atoms with Crippen molar-refractivity contribution in [2.24, 2.45) is 0 Å². The standard InChI is InChI=1S/C23H25ClN2O5/c1-29-13-11-25(12-14-30-2)21-20(16-7-5-4-6-8-16)22(27)26(23(21)28)18-15-17(24)9-10-19(18)31-3/h4-10,15H,11-14H2,1-3H3. The second-order valence-electron chi connectivity index (χ2n) is 6.82. The molecule has 164 valence electrons. The van der Waals surface area contributed by atoms with Gasteiger partial charge in [0.1, 0.15) is 11.4 Å². The first-order chi connectivity index (χ1) is 15.0. The molecule has 0 aliphatic carbocycles. The zero-order valence-corrected chi connectivity index (χ0v) is 18.5. The third-order valence-corrected chi connectivity index (χ3v) is 5.19. The van der Waals surface area contributed by atoms with Crippen LogP contribution in [0.5, 0.6) is 5.75 Å². The minimum absolute atomic E-state index is 0.298. The van der Waals surface area contributed by atoms with E-state index in [2.05, 4.69) is 0 Å². The van der Waals surface area contributed by atoms with E-state index >= 15 is 0 Å². The number of benzene rings is 2. The number of nitrogens with zero attached hydrogens (tertiary/aromatic N) is 2. The molecule has 0 radical (unpaired) electrons. The molecule has 0 spiro atoms. The van der Waals surface area contributed by atoms with Crippen LogP contribution >= 0.6 is 11.6 Å². The molecule has 0 unspecified atom stereocenters. The van der Waals surface area contributed by atoms with Crippen molar-refractivity contribution in [3.63, 3.8) is 0 Å². The Kier molecular flexibility index (Phi) is 7.68. The van der Waals surface area contributed by atoms with Gasteiger partial charge in [0.05, 0.1) is 31.6 Å². The number of carbonyl (C=O) groups is 2. The Bertz CT molecular complexity index is 969. The first kappa shape index (κ1) is 22.8. The van der Waals surface area contributed by atoms with Crippen LogP contribution in [-0.2, 0) is 19.1 Å². The predicted molar refractivity (Wildman–Crippen MR) is 119 cm³/mol. The predicted octanol–water partition coefficient (Wildman–Crippen LogP) is 3.23. The summed E-state index contributed by atoms with van der Waals surface area (Å²) in [6.45, 7) is 1.62. The second kappa shape index (κ2) is 10.4. The van der Waals surface area contributed by atoms with E-state index in [1.54, 1.807) is 32.4 Å². The summed E-state index contributed by atoms with van der Waals surface area (Å²) in [5, 5.41) is 0.390. The third kappa shape index (κ3) is 4.74. The summed E-state index contributed by atoms with van der Waals surface area (Å²) in [6, 6.07) is 14.0. The van der Waals surface area contributed by atoms with Crippen LogP contribution in [0.2, 0.25) is 5.02 Å². The van der Waals surface area contributed by atoms with Crippen LogP contribution < -0.4 is 9.64 Å². The van der Waals surface area contributed by atoms with Gasteiger partial charge in [-0.3, -0.25) is 9.59 Å². The summed E-state index contributed by atoms with van der Waals surface area (Å²) in [7, 11) is 4.66. The molecule has 1 aliphatic rings. The van der Waals surface area contributed by atoms with E-state index in [1.807, 2.05) is 35.2 Å². The van der Waals surface area contributed by atoms with Crippen LogP contribution in [-0.4, -0.2) is 64.3 Å². The zero-order chi connectivity index (χ0) is 22.4. The number of halogens is 1. The Morgan fingerprint density at radius 1 is 0.903 bits per heavy atom. The molecule has 3 rings (SSSR count). The van der Waals surface area contributed by atoms with Crippen molar-refractivity contribution in [1.82, 2.24) is 4.90 Å². The summed E-state index contributed by atoms with van der Waals surface area (Å²) in [5.74, 6) is -0.511. The maximum Gasteiger partial charge on any atom is 0.282 e. The Morgan fingerprint density at radius 2 is 1.55 bits per heavy atom. The summed E-state index contributed by atoms with van der Waals surface area (Å²) in [6.07, 6.45) is 0. The van der Waals surface area contributed by atoms with E-state index in [0.717, 1.165) is 4.90 Å². The normalized spacial score (nSPS) is 13.9. The number of methoxy groups -OCH3 is 3. The lowest BCUT2D eigenvalue weighted by Gasteiger charge is -2.26. The number of hydrogen-bond acceptors (Lipinski definition) is 6. The monoisotopic (exact) mass is 444 g/mol. The Balaban J connectivity index is 2.15. The average Bonchev–Trinajstić information content (AvgIpc) is 3.04. The van der Waals surface area contributed by atoms with Gasteiger partial charge in [0.15, 0.2) is 0 Å². The molecule has 1 aliphatic heterocycles. The van der Waals surface area contributed by atoms with Crippen LogP contribution in [0.15, 0.2) is 54.2 Å². The van der Waals surface area contributed by atoms with Gasteiger partial charge >= 0.3 is 0 Å². The molecule has 8 heteroatoms. The molecular formula is C23H25ClN2O5. The van der Waals surface area contributed by atoms with Gasteiger partial charge < -0.3 is 19.1 Å². The lowest BCUT2D eigenvalue weighted by atomic mass is 10.0. The van der Waals surface area contributed by atoms with Crippen LogP contribution in [0.4, 0.5) is 5.69 Å². The SMILES string of the molecule is COCCN(CCOC)C1=C(c2ccccc2)C(=O)N(c2cc(Cl)ccc2OC)C1=O. The molecular weight excluding hydrogens is 420 g/mol. The number of hydrogen-bond donors (Lipinski definition) is 0. The Morgan fingerprint density at radius 3 is 2.13 bits per heavy atom. The highest BCUT2D eigenvalue weighted by Crippen LogP contribution is 2.39. The summed E-state index contributed by atoms with van der Waals surface area (Å²) < 4.78 is 15.9. The molecule has 0 fully saturated rings. The average molecular weight is 445 g/mol. The Labute approximate surface area is 186 Å². The van der Waals surface area contributed by atoms with Gasteiger partial charge in [-0.15, -0.1) is 0 Å². The van der Waals surface area contributed by atoms with E-state index in [0.29, 0.717) is 59.6 Å². The number of anilines is 1. The maximum absolute atomic E-state index is 13.7. The molecule has 0 atom stereocenters. The number of carbonyl (C=O) groups excluding carboxylic acids is 2. The second-order valence-corrected chi connectivity index (χ2v) is 7.26.